The fourth-order valence-electron chi connectivity index (χ4n) is 4.94. The molecule has 0 N–H and O–H groups in total. The van der Waals surface area contributed by atoms with Crippen LogP contribution in [0.25, 0.3) is 0 Å². The Morgan fingerprint density at radius 1 is 1.03 bits per heavy atom. The summed E-state index contributed by atoms with van der Waals surface area (Å²) < 4.78 is 18.1. The van der Waals surface area contributed by atoms with Gasteiger partial charge >= 0.3 is 11.9 Å². The number of hydrogen-bond donors (Lipinski definition) is 0. The molecule has 0 aromatic heterocycles. The molecule has 4 unspecified atom stereocenters. The van der Waals surface area contributed by atoms with Crippen LogP contribution in [0.4, 0.5) is 0 Å². The Labute approximate surface area is 195 Å². The van der Waals surface area contributed by atoms with Gasteiger partial charge in [0.05, 0.1) is 10.0 Å². The standard InChI is InChI=1S/C24H21Cl2NO5/c25-18-7-6-17(13-19(18)26)30-20-12-16-10-11-24(27(16)14-15-4-2-1-3-5-15)23(20)31-21(28)8-9-22(29)32-24/h1-9,13,16,20,23H,10-12,14H2/b9-8+. The Hall–Kier alpha value is -2.54. The van der Waals surface area contributed by atoms with E-state index in [9.17, 15) is 9.59 Å². The number of esters is 2. The van der Waals surface area contributed by atoms with Crippen LogP contribution in [-0.2, 0) is 25.6 Å². The fourth-order valence-corrected chi connectivity index (χ4v) is 5.23. The molecule has 4 atom stereocenters. The SMILES string of the molecule is O=C1/C=C/C(=O)OC23CCC(CC(Oc4ccc(Cl)c(Cl)c4)C2O1)N3Cc1ccccc1. The zero-order chi connectivity index (χ0) is 22.3. The molecule has 3 aliphatic rings. The molecule has 0 saturated carbocycles. The second kappa shape index (κ2) is 8.43. The first-order chi connectivity index (χ1) is 15.4. The van der Waals surface area contributed by atoms with Gasteiger partial charge in [0.15, 0.2) is 6.10 Å². The second-order valence-corrected chi connectivity index (χ2v) is 9.05. The lowest BCUT2D eigenvalue weighted by Crippen LogP contribution is -2.67. The number of piperidine rings is 1. The van der Waals surface area contributed by atoms with Crippen LogP contribution in [0.3, 0.4) is 0 Å². The number of hydrogen-bond acceptors (Lipinski definition) is 6. The van der Waals surface area contributed by atoms with E-state index in [1.807, 2.05) is 30.3 Å². The maximum Gasteiger partial charge on any atom is 0.332 e. The maximum atomic E-state index is 12.5. The fraction of sp³-hybridized carbons (Fsp3) is 0.333. The second-order valence-electron chi connectivity index (χ2n) is 8.23. The molecule has 2 saturated heterocycles. The van der Waals surface area contributed by atoms with Gasteiger partial charge < -0.3 is 14.2 Å². The first-order valence-electron chi connectivity index (χ1n) is 10.5. The van der Waals surface area contributed by atoms with Crippen molar-refractivity contribution < 1.29 is 23.8 Å². The van der Waals surface area contributed by atoms with E-state index in [0.29, 0.717) is 35.2 Å². The first-order valence-corrected chi connectivity index (χ1v) is 11.2. The molecule has 0 aliphatic carbocycles. The van der Waals surface area contributed by atoms with Gasteiger partial charge in [0, 0.05) is 43.6 Å². The third kappa shape index (κ3) is 3.87. The van der Waals surface area contributed by atoms with E-state index >= 15 is 0 Å². The minimum atomic E-state index is -1.11. The van der Waals surface area contributed by atoms with E-state index in [0.717, 1.165) is 24.1 Å². The van der Waals surface area contributed by atoms with Gasteiger partial charge in [-0.3, -0.25) is 4.90 Å². The summed E-state index contributed by atoms with van der Waals surface area (Å²) in [5.74, 6) is -0.658. The lowest BCUT2D eigenvalue weighted by molar-refractivity contribution is -0.246. The molecule has 1 spiro atoms. The molecule has 166 valence electrons. The van der Waals surface area contributed by atoms with Crippen LogP contribution >= 0.6 is 23.2 Å². The molecule has 2 aromatic carbocycles. The Bertz CT molecular complexity index is 1080. The highest BCUT2D eigenvalue weighted by Crippen LogP contribution is 2.49. The molecule has 2 fully saturated rings. The molecule has 32 heavy (non-hydrogen) atoms. The lowest BCUT2D eigenvalue weighted by Gasteiger charge is -2.50. The summed E-state index contributed by atoms with van der Waals surface area (Å²) in [5, 5.41) is 0.789. The molecule has 0 radical (unpaired) electrons. The van der Waals surface area contributed by atoms with Crippen LogP contribution in [0.5, 0.6) is 5.75 Å². The van der Waals surface area contributed by atoms with Gasteiger partial charge in [0.2, 0.25) is 5.72 Å². The van der Waals surface area contributed by atoms with E-state index < -0.39 is 29.9 Å². The predicted octanol–water partition coefficient (Wildman–Crippen LogP) is 4.53. The first kappa shape index (κ1) is 21.3. The lowest BCUT2D eigenvalue weighted by atomic mass is 9.91. The minimum absolute atomic E-state index is 0.0918. The predicted molar refractivity (Wildman–Crippen MR) is 118 cm³/mol. The molecular formula is C24H21Cl2NO5. The van der Waals surface area contributed by atoms with Gasteiger partial charge in [-0.05, 0) is 24.1 Å². The van der Waals surface area contributed by atoms with Crippen molar-refractivity contribution in [2.75, 3.05) is 0 Å². The zero-order valence-electron chi connectivity index (χ0n) is 17.1. The number of rotatable bonds is 4. The van der Waals surface area contributed by atoms with Gasteiger partial charge in [0.25, 0.3) is 0 Å². The number of carbonyl (C=O) groups excluding carboxylic acids is 2. The summed E-state index contributed by atoms with van der Waals surface area (Å²) >= 11 is 12.2. The Morgan fingerprint density at radius 2 is 1.81 bits per heavy atom. The summed E-state index contributed by atoms with van der Waals surface area (Å²) in [4.78, 5) is 27.1. The molecule has 0 amide bonds. The highest BCUT2D eigenvalue weighted by atomic mass is 35.5. The molecule has 3 heterocycles. The monoisotopic (exact) mass is 473 g/mol. The molecule has 5 rings (SSSR count). The van der Waals surface area contributed by atoms with Gasteiger partial charge in [-0.15, -0.1) is 0 Å². The largest absolute Gasteiger partial charge is 0.486 e. The zero-order valence-corrected chi connectivity index (χ0v) is 18.6. The average molecular weight is 474 g/mol. The smallest absolute Gasteiger partial charge is 0.332 e. The van der Waals surface area contributed by atoms with Crippen molar-refractivity contribution in [3.63, 3.8) is 0 Å². The van der Waals surface area contributed by atoms with E-state index in [1.165, 1.54) is 0 Å². The number of nitrogens with zero attached hydrogens (tertiary/aromatic N) is 1. The molecule has 6 nitrogen and oxygen atoms in total. The van der Waals surface area contributed by atoms with Crippen molar-refractivity contribution in [2.24, 2.45) is 0 Å². The normalized spacial score (nSPS) is 30.5. The van der Waals surface area contributed by atoms with Crippen LogP contribution in [0, 0.1) is 0 Å². The Morgan fingerprint density at radius 3 is 2.59 bits per heavy atom. The quantitative estimate of drug-likeness (QED) is 0.607. The van der Waals surface area contributed by atoms with Gasteiger partial charge in [-0.2, -0.15) is 0 Å². The van der Waals surface area contributed by atoms with E-state index in [2.05, 4.69) is 4.90 Å². The molecule has 8 heteroatoms. The van der Waals surface area contributed by atoms with E-state index in [-0.39, 0.29) is 6.04 Å². The Kier molecular flexibility index (Phi) is 5.61. The van der Waals surface area contributed by atoms with E-state index in [4.69, 9.17) is 37.4 Å². The third-order valence-corrected chi connectivity index (χ3v) is 7.04. The van der Waals surface area contributed by atoms with Gasteiger partial charge in [-0.1, -0.05) is 53.5 Å². The summed E-state index contributed by atoms with van der Waals surface area (Å²) in [6.45, 7) is 0.566. The highest BCUT2D eigenvalue weighted by molar-refractivity contribution is 6.42. The summed E-state index contributed by atoms with van der Waals surface area (Å²) in [5.41, 5.74) is -0.0294. The molecule has 3 aliphatic heterocycles. The van der Waals surface area contributed by atoms with Crippen LogP contribution < -0.4 is 4.74 Å². The van der Waals surface area contributed by atoms with Crippen molar-refractivity contribution >= 4 is 35.1 Å². The molecule has 2 aromatic rings. The number of fused-ring (bicyclic) bond motifs is 1. The van der Waals surface area contributed by atoms with Crippen molar-refractivity contribution in [1.82, 2.24) is 4.90 Å². The summed E-state index contributed by atoms with van der Waals surface area (Å²) in [6.07, 6.45) is 2.82. The van der Waals surface area contributed by atoms with Crippen LogP contribution in [-0.4, -0.2) is 40.8 Å². The summed E-state index contributed by atoms with van der Waals surface area (Å²) in [6, 6.07) is 15.1. The minimum Gasteiger partial charge on any atom is -0.486 e. The molecule has 2 bridgehead atoms. The number of carbonyl (C=O) groups is 2. The highest BCUT2D eigenvalue weighted by Gasteiger charge is 2.63. The van der Waals surface area contributed by atoms with Crippen molar-refractivity contribution in [1.29, 1.82) is 0 Å². The van der Waals surface area contributed by atoms with Crippen LogP contribution in [0.15, 0.2) is 60.7 Å². The van der Waals surface area contributed by atoms with Crippen LogP contribution in [0.1, 0.15) is 24.8 Å². The van der Waals surface area contributed by atoms with Gasteiger partial charge in [-0.25, -0.2) is 9.59 Å². The van der Waals surface area contributed by atoms with E-state index in [1.54, 1.807) is 18.2 Å². The number of ether oxygens (including phenoxy) is 3. The summed E-state index contributed by atoms with van der Waals surface area (Å²) in [7, 11) is 0. The topological polar surface area (TPSA) is 65.1 Å². The van der Waals surface area contributed by atoms with Crippen molar-refractivity contribution in [3.8, 4) is 5.75 Å². The third-order valence-electron chi connectivity index (χ3n) is 6.30. The Balaban J connectivity index is 1.52. The number of benzene rings is 2. The average Bonchev–Trinajstić information content (AvgIpc) is 3.02. The van der Waals surface area contributed by atoms with Crippen LogP contribution in [0.2, 0.25) is 10.0 Å². The van der Waals surface area contributed by atoms with Crippen molar-refractivity contribution in [3.05, 3.63) is 76.3 Å². The number of halogens is 2. The maximum absolute atomic E-state index is 12.5. The molecular weight excluding hydrogens is 453 g/mol. The van der Waals surface area contributed by atoms with Gasteiger partial charge in [0.1, 0.15) is 11.9 Å². The van der Waals surface area contributed by atoms with Crippen molar-refractivity contribution in [2.45, 2.75) is 49.8 Å².